The lowest BCUT2D eigenvalue weighted by atomic mass is 10.0. The maximum atomic E-state index is 5.08. The van der Waals surface area contributed by atoms with Crippen molar-refractivity contribution in [2.75, 3.05) is 68.1 Å². The van der Waals surface area contributed by atoms with E-state index in [1.54, 1.807) is 7.11 Å². The van der Waals surface area contributed by atoms with E-state index >= 15 is 0 Å². The summed E-state index contributed by atoms with van der Waals surface area (Å²) < 4.78 is 5.08. The van der Waals surface area contributed by atoms with Crippen molar-refractivity contribution < 1.29 is 4.74 Å². The van der Waals surface area contributed by atoms with Gasteiger partial charge in [-0.2, -0.15) is 0 Å². The number of guanidine groups is 1. The Hall–Kier alpha value is -0.120. The van der Waals surface area contributed by atoms with Crippen LogP contribution < -0.4 is 10.6 Å². The van der Waals surface area contributed by atoms with E-state index < -0.39 is 0 Å². The molecule has 0 amide bonds. The minimum Gasteiger partial charge on any atom is -0.385 e. The number of methoxy groups -OCH3 is 1. The van der Waals surface area contributed by atoms with E-state index in [2.05, 4.69) is 60.4 Å². The van der Waals surface area contributed by atoms with Crippen LogP contribution in [0.2, 0.25) is 0 Å². The fourth-order valence-electron chi connectivity index (χ4n) is 2.41. The van der Waals surface area contributed by atoms with Crippen molar-refractivity contribution in [2.24, 2.45) is 10.9 Å². The highest BCUT2D eigenvalue weighted by Gasteiger charge is 2.13. The summed E-state index contributed by atoms with van der Waals surface area (Å²) in [5.41, 5.74) is 0. The Labute approximate surface area is 166 Å². The molecule has 0 saturated carbocycles. The zero-order valence-corrected chi connectivity index (χ0v) is 19.1. The first kappa shape index (κ1) is 26.1. The van der Waals surface area contributed by atoms with Crippen molar-refractivity contribution >= 4 is 29.9 Å². The van der Waals surface area contributed by atoms with Gasteiger partial charge in [-0.1, -0.05) is 13.8 Å². The van der Waals surface area contributed by atoms with Gasteiger partial charge >= 0.3 is 0 Å². The summed E-state index contributed by atoms with van der Waals surface area (Å²) in [6, 6.07) is 0.519. The number of nitrogens with one attached hydrogen (secondary N) is 2. The monoisotopic (exact) mass is 457 g/mol. The van der Waals surface area contributed by atoms with Gasteiger partial charge in [0.2, 0.25) is 0 Å². The zero-order valence-electron chi connectivity index (χ0n) is 16.8. The van der Waals surface area contributed by atoms with Crippen LogP contribution in [-0.4, -0.2) is 89.9 Å². The third-order valence-electron chi connectivity index (χ3n) is 3.88. The standard InChI is InChI=1S/C17H39N5O.HI/c1-15(2)13-16(21(4)5)14-20-17(18-3)19-9-11-22(6)10-8-12-23-7;/h15-16H,8-14H2,1-7H3,(H2,18,19,20);1H. The summed E-state index contributed by atoms with van der Waals surface area (Å²) in [5.74, 6) is 1.57. The molecule has 7 heteroatoms. The zero-order chi connectivity index (χ0) is 17.7. The second-order valence-corrected chi connectivity index (χ2v) is 6.78. The maximum Gasteiger partial charge on any atom is 0.191 e. The molecular weight excluding hydrogens is 417 g/mol. The van der Waals surface area contributed by atoms with Gasteiger partial charge in [-0.15, -0.1) is 24.0 Å². The normalized spacial score (nSPS) is 13.3. The van der Waals surface area contributed by atoms with Gasteiger partial charge in [-0.3, -0.25) is 4.99 Å². The fraction of sp³-hybridized carbons (Fsp3) is 0.941. The first-order valence-corrected chi connectivity index (χ1v) is 8.69. The van der Waals surface area contributed by atoms with Gasteiger partial charge in [-0.05, 0) is 39.9 Å². The minimum absolute atomic E-state index is 0. The summed E-state index contributed by atoms with van der Waals surface area (Å²) >= 11 is 0. The molecule has 1 atom stereocenters. The highest BCUT2D eigenvalue weighted by atomic mass is 127. The van der Waals surface area contributed by atoms with E-state index in [0.29, 0.717) is 12.0 Å². The second kappa shape index (κ2) is 16.4. The molecule has 0 fully saturated rings. The Morgan fingerprint density at radius 1 is 1.12 bits per heavy atom. The predicted molar refractivity (Wildman–Crippen MR) is 116 cm³/mol. The maximum absolute atomic E-state index is 5.08. The lowest BCUT2D eigenvalue weighted by Crippen LogP contribution is -2.46. The predicted octanol–water partition coefficient (Wildman–Crippen LogP) is 1.71. The number of ether oxygens (including phenoxy) is 1. The number of halogens is 1. The molecule has 24 heavy (non-hydrogen) atoms. The smallest absolute Gasteiger partial charge is 0.191 e. The van der Waals surface area contributed by atoms with E-state index in [-0.39, 0.29) is 24.0 Å². The van der Waals surface area contributed by atoms with Crippen molar-refractivity contribution in [1.82, 2.24) is 20.4 Å². The van der Waals surface area contributed by atoms with Crippen LogP contribution in [0.1, 0.15) is 26.7 Å². The van der Waals surface area contributed by atoms with Gasteiger partial charge in [0, 0.05) is 53.0 Å². The van der Waals surface area contributed by atoms with Crippen LogP contribution in [0.15, 0.2) is 4.99 Å². The molecule has 0 aromatic carbocycles. The van der Waals surface area contributed by atoms with Gasteiger partial charge < -0.3 is 25.2 Å². The first-order valence-electron chi connectivity index (χ1n) is 8.69. The number of likely N-dealkylation sites (N-methyl/N-ethyl adjacent to an activating group) is 2. The number of nitrogens with zero attached hydrogens (tertiary/aromatic N) is 3. The number of hydrogen-bond donors (Lipinski definition) is 2. The molecule has 0 bridgehead atoms. The lowest BCUT2D eigenvalue weighted by molar-refractivity contribution is 0.180. The van der Waals surface area contributed by atoms with Gasteiger partial charge in [-0.25, -0.2) is 0 Å². The van der Waals surface area contributed by atoms with Crippen LogP contribution in [0, 0.1) is 5.92 Å². The Morgan fingerprint density at radius 3 is 2.29 bits per heavy atom. The third kappa shape index (κ3) is 14.2. The van der Waals surface area contributed by atoms with E-state index in [1.165, 1.54) is 6.42 Å². The van der Waals surface area contributed by atoms with Gasteiger partial charge in [0.15, 0.2) is 5.96 Å². The Balaban J connectivity index is 0. The van der Waals surface area contributed by atoms with Crippen LogP contribution in [0.25, 0.3) is 0 Å². The number of rotatable bonds is 12. The molecule has 0 aliphatic heterocycles. The average molecular weight is 457 g/mol. The minimum atomic E-state index is 0. The average Bonchev–Trinajstić information content (AvgIpc) is 2.48. The Bertz CT molecular complexity index is 313. The van der Waals surface area contributed by atoms with Gasteiger partial charge in [0.25, 0.3) is 0 Å². The molecule has 0 aromatic heterocycles. The summed E-state index contributed by atoms with van der Waals surface area (Å²) in [6.07, 6.45) is 2.25. The molecule has 1 unspecified atom stereocenters. The molecule has 2 N–H and O–H groups in total. The van der Waals surface area contributed by atoms with Crippen molar-refractivity contribution in [3.63, 3.8) is 0 Å². The molecule has 6 nitrogen and oxygen atoms in total. The third-order valence-corrected chi connectivity index (χ3v) is 3.88. The first-order chi connectivity index (χ1) is 10.9. The summed E-state index contributed by atoms with van der Waals surface area (Å²) in [5, 5.41) is 6.83. The molecule has 0 spiro atoms. The Morgan fingerprint density at radius 2 is 1.79 bits per heavy atom. The Kier molecular flexibility index (Phi) is 17.8. The fourth-order valence-corrected chi connectivity index (χ4v) is 2.41. The second-order valence-electron chi connectivity index (χ2n) is 6.78. The van der Waals surface area contributed by atoms with Crippen LogP contribution in [0.3, 0.4) is 0 Å². The molecule has 0 rings (SSSR count). The van der Waals surface area contributed by atoms with E-state index in [1.807, 2.05) is 7.05 Å². The highest BCUT2D eigenvalue weighted by molar-refractivity contribution is 14.0. The molecule has 0 aliphatic rings. The van der Waals surface area contributed by atoms with Crippen molar-refractivity contribution in [3.05, 3.63) is 0 Å². The number of hydrogen-bond acceptors (Lipinski definition) is 4. The summed E-state index contributed by atoms with van der Waals surface area (Å²) in [7, 11) is 9.99. The van der Waals surface area contributed by atoms with Crippen molar-refractivity contribution in [1.29, 1.82) is 0 Å². The van der Waals surface area contributed by atoms with Crippen molar-refractivity contribution in [2.45, 2.75) is 32.7 Å². The SMILES string of the molecule is CN=C(NCCN(C)CCCOC)NCC(CC(C)C)N(C)C.I. The largest absolute Gasteiger partial charge is 0.385 e. The highest BCUT2D eigenvalue weighted by Crippen LogP contribution is 2.07. The van der Waals surface area contributed by atoms with Crippen LogP contribution in [0.4, 0.5) is 0 Å². The topological polar surface area (TPSA) is 52.1 Å². The molecule has 146 valence electrons. The van der Waals surface area contributed by atoms with E-state index in [9.17, 15) is 0 Å². The van der Waals surface area contributed by atoms with E-state index in [4.69, 9.17) is 4.74 Å². The molecular formula is C17H40IN5O. The number of aliphatic imine (C=N–C) groups is 1. The van der Waals surface area contributed by atoms with Gasteiger partial charge in [0.05, 0.1) is 0 Å². The molecule has 0 saturated heterocycles. The molecule has 0 heterocycles. The molecule has 0 radical (unpaired) electrons. The van der Waals surface area contributed by atoms with Crippen LogP contribution >= 0.6 is 24.0 Å². The summed E-state index contributed by atoms with van der Waals surface area (Å²) in [4.78, 5) is 8.90. The lowest BCUT2D eigenvalue weighted by Gasteiger charge is -2.27. The van der Waals surface area contributed by atoms with Crippen LogP contribution in [-0.2, 0) is 4.74 Å². The quantitative estimate of drug-likeness (QED) is 0.202. The van der Waals surface area contributed by atoms with Gasteiger partial charge in [0.1, 0.15) is 0 Å². The summed E-state index contributed by atoms with van der Waals surface area (Å²) in [6.45, 7) is 9.20. The molecule has 0 aliphatic carbocycles. The van der Waals surface area contributed by atoms with Crippen molar-refractivity contribution in [3.8, 4) is 0 Å². The van der Waals surface area contributed by atoms with Crippen LogP contribution in [0.5, 0.6) is 0 Å². The molecule has 0 aromatic rings. The van der Waals surface area contributed by atoms with E-state index in [0.717, 1.165) is 45.2 Å².